The molecular formula is C13H13ClO2. The van der Waals surface area contributed by atoms with Crippen molar-refractivity contribution in [3.8, 4) is 0 Å². The highest BCUT2D eigenvalue weighted by molar-refractivity contribution is 6.31. The van der Waals surface area contributed by atoms with Crippen molar-refractivity contribution < 1.29 is 9.90 Å². The molecule has 1 N–H and O–H groups in total. The smallest absolute Gasteiger partial charge is 0.191 e. The minimum atomic E-state index is -0.625. The summed E-state index contributed by atoms with van der Waals surface area (Å²) in [6.45, 7) is 0. The van der Waals surface area contributed by atoms with Crippen molar-refractivity contribution in [2.45, 2.75) is 25.4 Å². The Labute approximate surface area is 99.5 Å². The quantitative estimate of drug-likeness (QED) is 0.802. The first kappa shape index (κ1) is 11.4. The summed E-state index contributed by atoms with van der Waals surface area (Å²) in [5, 5.41) is 10.3. The van der Waals surface area contributed by atoms with Crippen LogP contribution in [-0.4, -0.2) is 17.0 Å². The number of hydrogen-bond donors (Lipinski definition) is 1. The van der Waals surface area contributed by atoms with Crippen LogP contribution in [0, 0.1) is 0 Å². The van der Waals surface area contributed by atoms with Gasteiger partial charge in [-0.25, -0.2) is 0 Å². The Bertz CT molecular complexity index is 437. The van der Waals surface area contributed by atoms with E-state index in [1.54, 1.807) is 24.3 Å². The fourth-order valence-electron chi connectivity index (χ4n) is 1.90. The van der Waals surface area contributed by atoms with E-state index in [0.717, 1.165) is 12.8 Å². The third-order valence-electron chi connectivity index (χ3n) is 2.75. The molecule has 0 fully saturated rings. The molecule has 1 aliphatic rings. The van der Waals surface area contributed by atoms with Crippen molar-refractivity contribution in [1.82, 2.24) is 0 Å². The number of ketones is 1. The molecule has 0 bridgehead atoms. The van der Waals surface area contributed by atoms with Crippen LogP contribution in [0.2, 0.25) is 5.02 Å². The molecule has 2 nitrogen and oxygen atoms in total. The van der Waals surface area contributed by atoms with Crippen LogP contribution in [0.15, 0.2) is 35.9 Å². The highest BCUT2D eigenvalue weighted by Gasteiger charge is 2.22. The fourth-order valence-corrected chi connectivity index (χ4v) is 2.09. The summed E-state index contributed by atoms with van der Waals surface area (Å²) < 4.78 is 0. The molecule has 0 saturated heterocycles. The van der Waals surface area contributed by atoms with Gasteiger partial charge >= 0.3 is 0 Å². The lowest BCUT2D eigenvalue weighted by Gasteiger charge is -2.18. The molecule has 3 heteroatoms. The van der Waals surface area contributed by atoms with Crippen LogP contribution in [0.5, 0.6) is 0 Å². The molecule has 1 aromatic carbocycles. The Morgan fingerprint density at radius 3 is 2.94 bits per heavy atom. The zero-order valence-electron chi connectivity index (χ0n) is 8.82. The molecule has 0 heterocycles. The summed E-state index contributed by atoms with van der Waals surface area (Å²) in [6.07, 6.45) is 3.67. The van der Waals surface area contributed by atoms with Crippen LogP contribution in [0.3, 0.4) is 0 Å². The van der Waals surface area contributed by atoms with E-state index < -0.39 is 6.10 Å². The van der Waals surface area contributed by atoms with Crippen molar-refractivity contribution in [3.63, 3.8) is 0 Å². The summed E-state index contributed by atoms with van der Waals surface area (Å²) in [6, 6.07) is 6.82. The van der Waals surface area contributed by atoms with Crippen molar-refractivity contribution in [3.05, 3.63) is 46.5 Å². The highest BCUT2D eigenvalue weighted by Crippen LogP contribution is 2.23. The summed E-state index contributed by atoms with van der Waals surface area (Å²) in [4.78, 5) is 12.1. The Morgan fingerprint density at radius 1 is 1.44 bits per heavy atom. The standard InChI is InChI=1S/C13H13ClO2/c14-10-5-3-4-9(8-10)13(16)11-6-1-2-7-12(11)15/h3-6,8,12,15H,1-2,7H2/t12-/m0/s1. The first-order valence-electron chi connectivity index (χ1n) is 5.37. The van der Waals surface area contributed by atoms with Gasteiger partial charge in [0, 0.05) is 16.2 Å². The van der Waals surface area contributed by atoms with Crippen LogP contribution < -0.4 is 0 Å². The second-order valence-corrected chi connectivity index (χ2v) is 4.38. The average Bonchev–Trinajstić information content (AvgIpc) is 2.29. The minimum Gasteiger partial charge on any atom is -0.388 e. The summed E-state index contributed by atoms with van der Waals surface area (Å²) in [5.74, 6) is -0.116. The number of benzene rings is 1. The maximum absolute atomic E-state index is 12.1. The number of allylic oxidation sites excluding steroid dienone is 1. The Balaban J connectivity index is 2.28. The first-order chi connectivity index (χ1) is 7.68. The number of aliphatic hydroxyl groups is 1. The van der Waals surface area contributed by atoms with E-state index >= 15 is 0 Å². The molecular weight excluding hydrogens is 224 g/mol. The van der Waals surface area contributed by atoms with Crippen LogP contribution >= 0.6 is 11.6 Å². The molecule has 1 aromatic rings. The first-order valence-corrected chi connectivity index (χ1v) is 5.74. The molecule has 84 valence electrons. The average molecular weight is 237 g/mol. The van der Waals surface area contributed by atoms with Crippen LogP contribution in [0.25, 0.3) is 0 Å². The molecule has 0 radical (unpaired) electrons. The molecule has 1 atom stereocenters. The molecule has 16 heavy (non-hydrogen) atoms. The molecule has 0 saturated carbocycles. The van der Waals surface area contributed by atoms with E-state index in [1.807, 2.05) is 6.08 Å². The SMILES string of the molecule is O=C(C1=CCCC[C@@H]1O)c1cccc(Cl)c1. The van der Waals surface area contributed by atoms with Gasteiger partial charge in [0.15, 0.2) is 5.78 Å². The molecule has 0 aromatic heterocycles. The molecule has 1 aliphatic carbocycles. The van der Waals surface area contributed by atoms with Gasteiger partial charge in [0.2, 0.25) is 0 Å². The Kier molecular flexibility index (Phi) is 3.42. The van der Waals surface area contributed by atoms with E-state index in [4.69, 9.17) is 11.6 Å². The van der Waals surface area contributed by atoms with Crippen molar-refractivity contribution >= 4 is 17.4 Å². The van der Waals surface area contributed by atoms with E-state index in [9.17, 15) is 9.90 Å². The van der Waals surface area contributed by atoms with E-state index in [0.29, 0.717) is 22.6 Å². The van der Waals surface area contributed by atoms with Gasteiger partial charge in [0.25, 0.3) is 0 Å². The largest absolute Gasteiger partial charge is 0.388 e. The minimum absolute atomic E-state index is 0.116. The molecule has 0 unspecified atom stereocenters. The van der Waals surface area contributed by atoms with E-state index in [1.165, 1.54) is 0 Å². The third-order valence-corrected chi connectivity index (χ3v) is 2.99. The van der Waals surface area contributed by atoms with E-state index in [-0.39, 0.29) is 5.78 Å². The Hall–Kier alpha value is -1.12. The predicted molar refractivity (Wildman–Crippen MR) is 63.7 cm³/mol. The highest BCUT2D eigenvalue weighted by atomic mass is 35.5. The lowest BCUT2D eigenvalue weighted by Crippen LogP contribution is -2.20. The number of rotatable bonds is 2. The van der Waals surface area contributed by atoms with E-state index in [2.05, 4.69) is 0 Å². The predicted octanol–water partition coefficient (Wildman–Crippen LogP) is 2.99. The lowest BCUT2D eigenvalue weighted by atomic mass is 9.91. The number of aliphatic hydroxyl groups excluding tert-OH is 1. The molecule has 0 aliphatic heterocycles. The van der Waals surface area contributed by atoms with Crippen molar-refractivity contribution in [2.24, 2.45) is 0 Å². The number of Topliss-reactive ketones (excluding diaryl/α,β-unsaturated/α-hetero) is 1. The normalized spacial score (nSPS) is 20.4. The number of halogens is 1. The summed E-state index contributed by atoms with van der Waals surface area (Å²) in [7, 11) is 0. The van der Waals surface area contributed by atoms with Crippen molar-refractivity contribution in [2.75, 3.05) is 0 Å². The van der Waals surface area contributed by atoms with Crippen LogP contribution in [0.1, 0.15) is 29.6 Å². The maximum Gasteiger partial charge on any atom is 0.191 e. The van der Waals surface area contributed by atoms with Gasteiger partial charge in [-0.2, -0.15) is 0 Å². The topological polar surface area (TPSA) is 37.3 Å². The zero-order valence-corrected chi connectivity index (χ0v) is 9.57. The number of hydrogen-bond acceptors (Lipinski definition) is 2. The maximum atomic E-state index is 12.1. The molecule has 0 amide bonds. The number of carbonyl (C=O) groups excluding carboxylic acids is 1. The fraction of sp³-hybridized carbons (Fsp3) is 0.308. The van der Waals surface area contributed by atoms with Crippen LogP contribution in [-0.2, 0) is 0 Å². The second-order valence-electron chi connectivity index (χ2n) is 3.95. The van der Waals surface area contributed by atoms with Gasteiger partial charge in [-0.05, 0) is 31.4 Å². The summed E-state index contributed by atoms with van der Waals surface area (Å²) >= 11 is 5.83. The van der Waals surface area contributed by atoms with Crippen LogP contribution in [0.4, 0.5) is 0 Å². The van der Waals surface area contributed by atoms with Crippen molar-refractivity contribution in [1.29, 1.82) is 0 Å². The van der Waals surface area contributed by atoms with Gasteiger partial charge < -0.3 is 5.11 Å². The second kappa shape index (κ2) is 4.81. The van der Waals surface area contributed by atoms with Gasteiger partial charge in [0.1, 0.15) is 0 Å². The van der Waals surface area contributed by atoms with Gasteiger partial charge in [-0.15, -0.1) is 0 Å². The van der Waals surface area contributed by atoms with Gasteiger partial charge in [0.05, 0.1) is 6.10 Å². The van der Waals surface area contributed by atoms with Gasteiger partial charge in [-0.1, -0.05) is 29.8 Å². The molecule has 2 rings (SSSR count). The zero-order chi connectivity index (χ0) is 11.5. The lowest BCUT2D eigenvalue weighted by molar-refractivity contribution is 0.0975. The summed E-state index contributed by atoms with van der Waals surface area (Å²) in [5.41, 5.74) is 1.05. The third kappa shape index (κ3) is 2.34. The van der Waals surface area contributed by atoms with Gasteiger partial charge in [-0.3, -0.25) is 4.79 Å². The monoisotopic (exact) mass is 236 g/mol. The number of carbonyl (C=O) groups is 1. The molecule has 0 spiro atoms. The Morgan fingerprint density at radius 2 is 2.25 bits per heavy atom.